The summed E-state index contributed by atoms with van der Waals surface area (Å²) in [6, 6.07) is 9.41. The van der Waals surface area contributed by atoms with Crippen LogP contribution < -0.4 is 0 Å². The lowest BCUT2D eigenvalue weighted by molar-refractivity contribution is 0.0991. The van der Waals surface area contributed by atoms with Gasteiger partial charge < -0.3 is 4.57 Å². The predicted molar refractivity (Wildman–Crippen MR) is 79.9 cm³/mol. The minimum absolute atomic E-state index is 0.0463. The van der Waals surface area contributed by atoms with Gasteiger partial charge in [-0.15, -0.1) is 11.6 Å². The molecule has 0 aliphatic rings. The average molecular weight is 296 g/mol. The van der Waals surface area contributed by atoms with Gasteiger partial charge in [-0.1, -0.05) is 11.6 Å². The normalized spacial score (nSPS) is 12.5. The van der Waals surface area contributed by atoms with E-state index in [4.69, 9.17) is 23.2 Å². The lowest BCUT2D eigenvalue weighted by Crippen LogP contribution is -2.11. The van der Waals surface area contributed by atoms with Crippen molar-refractivity contribution in [3.8, 4) is 5.69 Å². The molecule has 0 radical (unpaired) electrons. The molecule has 2 rings (SSSR count). The van der Waals surface area contributed by atoms with E-state index in [1.165, 1.54) is 0 Å². The van der Waals surface area contributed by atoms with Crippen molar-refractivity contribution < 1.29 is 4.79 Å². The molecule has 0 fully saturated rings. The molecule has 0 unspecified atom stereocenters. The Kier molecular flexibility index (Phi) is 4.02. The maximum absolute atomic E-state index is 12.0. The topological polar surface area (TPSA) is 22.0 Å². The zero-order chi connectivity index (χ0) is 14.2. The number of hydrogen-bond acceptors (Lipinski definition) is 1. The molecule has 0 N–H and O–H groups in total. The average Bonchev–Trinajstić information content (AvgIpc) is 2.65. The van der Waals surface area contributed by atoms with Crippen LogP contribution in [0.1, 0.15) is 28.7 Å². The quantitative estimate of drug-likeness (QED) is 0.601. The highest BCUT2D eigenvalue weighted by Crippen LogP contribution is 2.23. The van der Waals surface area contributed by atoms with Crippen LogP contribution in [-0.4, -0.2) is 15.7 Å². The van der Waals surface area contributed by atoms with Gasteiger partial charge >= 0.3 is 0 Å². The molecule has 0 saturated heterocycles. The molecular formula is C15H15Cl2NO. The molecular weight excluding hydrogens is 281 g/mol. The first-order valence-corrected chi connectivity index (χ1v) is 6.86. The Morgan fingerprint density at radius 2 is 1.79 bits per heavy atom. The van der Waals surface area contributed by atoms with Crippen molar-refractivity contribution in [1.29, 1.82) is 0 Å². The number of benzene rings is 1. The first kappa shape index (κ1) is 14.2. The van der Waals surface area contributed by atoms with Crippen LogP contribution in [0.15, 0.2) is 30.3 Å². The smallest absolute Gasteiger partial charge is 0.182 e. The largest absolute Gasteiger partial charge is 0.318 e. The van der Waals surface area contributed by atoms with Gasteiger partial charge in [-0.05, 0) is 51.1 Å². The number of Topliss-reactive ketones (excluding diaryl/α,β-unsaturated/α-hetero) is 1. The number of aryl methyl sites for hydroxylation is 1. The Labute approximate surface area is 123 Å². The molecule has 19 heavy (non-hydrogen) atoms. The van der Waals surface area contributed by atoms with Crippen LogP contribution in [-0.2, 0) is 0 Å². The molecule has 1 aromatic carbocycles. The maximum atomic E-state index is 12.0. The number of carbonyl (C=O) groups is 1. The molecule has 0 amide bonds. The van der Waals surface area contributed by atoms with Crippen molar-refractivity contribution in [2.24, 2.45) is 0 Å². The lowest BCUT2D eigenvalue weighted by atomic mass is 10.1. The molecule has 0 bridgehead atoms. The van der Waals surface area contributed by atoms with E-state index in [1.807, 2.05) is 48.7 Å². The third-order valence-electron chi connectivity index (χ3n) is 3.14. The molecule has 4 heteroatoms. The van der Waals surface area contributed by atoms with Gasteiger partial charge in [0.25, 0.3) is 0 Å². The van der Waals surface area contributed by atoms with E-state index >= 15 is 0 Å². The second kappa shape index (κ2) is 5.40. The van der Waals surface area contributed by atoms with Crippen molar-refractivity contribution in [1.82, 2.24) is 4.57 Å². The number of aromatic nitrogens is 1. The second-order valence-corrected chi connectivity index (χ2v) is 5.67. The SMILES string of the molecule is Cc1cc(C(=O)[C@H](C)Cl)c(C)n1-c1ccc(Cl)cc1. The summed E-state index contributed by atoms with van der Waals surface area (Å²) < 4.78 is 2.03. The molecule has 1 heterocycles. The van der Waals surface area contributed by atoms with Crippen molar-refractivity contribution in [2.45, 2.75) is 26.1 Å². The van der Waals surface area contributed by atoms with E-state index in [2.05, 4.69) is 0 Å². The second-order valence-electron chi connectivity index (χ2n) is 4.58. The molecule has 2 nitrogen and oxygen atoms in total. The summed E-state index contributed by atoms with van der Waals surface area (Å²) in [4.78, 5) is 12.0. The molecule has 1 atom stereocenters. The Balaban J connectivity index is 2.54. The van der Waals surface area contributed by atoms with Crippen LogP contribution in [0, 0.1) is 13.8 Å². The van der Waals surface area contributed by atoms with Crippen LogP contribution in [0.3, 0.4) is 0 Å². The predicted octanol–water partition coefficient (Wildman–Crippen LogP) is 4.56. The minimum atomic E-state index is -0.515. The summed E-state index contributed by atoms with van der Waals surface area (Å²) in [5.74, 6) is -0.0463. The van der Waals surface area contributed by atoms with Crippen LogP contribution in [0.25, 0.3) is 5.69 Å². The first-order valence-electron chi connectivity index (χ1n) is 6.05. The summed E-state index contributed by atoms with van der Waals surface area (Å²) in [5, 5.41) is 0.177. The summed E-state index contributed by atoms with van der Waals surface area (Å²) in [6.07, 6.45) is 0. The van der Waals surface area contributed by atoms with E-state index in [9.17, 15) is 4.79 Å². The fourth-order valence-electron chi connectivity index (χ4n) is 2.21. The van der Waals surface area contributed by atoms with Crippen LogP contribution in [0.4, 0.5) is 0 Å². The number of ketones is 1. The lowest BCUT2D eigenvalue weighted by Gasteiger charge is -2.10. The third-order valence-corrected chi connectivity index (χ3v) is 3.59. The highest BCUT2D eigenvalue weighted by atomic mass is 35.5. The van der Waals surface area contributed by atoms with Crippen molar-refractivity contribution >= 4 is 29.0 Å². The van der Waals surface area contributed by atoms with Crippen LogP contribution >= 0.6 is 23.2 Å². The van der Waals surface area contributed by atoms with Crippen molar-refractivity contribution in [3.63, 3.8) is 0 Å². The Morgan fingerprint density at radius 1 is 1.21 bits per heavy atom. The van der Waals surface area contributed by atoms with Crippen molar-refractivity contribution in [2.75, 3.05) is 0 Å². The Bertz CT molecular complexity index is 612. The summed E-state index contributed by atoms with van der Waals surface area (Å²) in [7, 11) is 0. The molecule has 0 spiro atoms. The van der Waals surface area contributed by atoms with E-state index in [0.29, 0.717) is 10.6 Å². The fraction of sp³-hybridized carbons (Fsp3) is 0.267. The standard InChI is InChI=1S/C15H15Cl2NO/c1-9-8-14(15(19)10(2)16)11(3)18(9)13-6-4-12(17)5-7-13/h4-8,10H,1-3H3/t10-/m0/s1. The number of nitrogens with zero attached hydrogens (tertiary/aromatic N) is 1. The monoisotopic (exact) mass is 295 g/mol. The molecule has 0 aliphatic heterocycles. The zero-order valence-electron chi connectivity index (χ0n) is 11.1. The number of hydrogen-bond donors (Lipinski definition) is 0. The summed E-state index contributed by atoms with van der Waals surface area (Å²) >= 11 is 11.8. The highest BCUT2D eigenvalue weighted by Gasteiger charge is 2.19. The van der Waals surface area contributed by atoms with Gasteiger partial charge in [-0.2, -0.15) is 0 Å². The van der Waals surface area contributed by atoms with E-state index in [0.717, 1.165) is 17.1 Å². The number of alkyl halides is 1. The maximum Gasteiger partial charge on any atom is 0.182 e. The van der Waals surface area contributed by atoms with Crippen LogP contribution in [0.2, 0.25) is 5.02 Å². The zero-order valence-corrected chi connectivity index (χ0v) is 12.6. The van der Waals surface area contributed by atoms with Gasteiger partial charge in [-0.3, -0.25) is 4.79 Å². The Morgan fingerprint density at radius 3 is 2.32 bits per heavy atom. The fourth-order valence-corrected chi connectivity index (χ4v) is 2.46. The van der Waals surface area contributed by atoms with E-state index in [-0.39, 0.29) is 5.78 Å². The molecule has 2 aromatic rings. The van der Waals surface area contributed by atoms with Gasteiger partial charge in [-0.25, -0.2) is 0 Å². The summed E-state index contributed by atoms with van der Waals surface area (Å²) in [5.41, 5.74) is 3.56. The van der Waals surface area contributed by atoms with Gasteiger partial charge in [0.2, 0.25) is 0 Å². The molecule has 0 saturated carbocycles. The van der Waals surface area contributed by atoms with E-state index in [1.54, 1.807) is 6.92 Å². The van der Waals surface area contributed by atoms with Crippen LogP contribution in [0.5, 0.6) is 0 Å². The number of rotatable bonds is 3. The molecule has 0 aliphatic carbocycles. The summed E-state index contributed by atoms with van der Waals surface area (Å²) in [6.45, 7) is 5.59. The highest BCUT2D eigenvalue weighted by molar-refractivity contribution is 6.33. The van der Waals surface area contributed by atoms with E-state index < -0.39 is 5.38 Å². The van der Waals surface area contributed by atoms with Crippen molar-refractivity contribution in [3.05, 3.63) is 52.3 Å². The molecule has 100 valence electrons. The molecule has 1 aromatic heterocycles. The number of carbonyl (C=O) groups excluding carboxylic acids is 1. The van der Waals surface area contributed by atoms with Gasteiger partial charge in [0, 0.05) is 27.7 Å². The number of halogens is 2. The van der Waals surface area contributed by atoms with Gasteiger partial charge in [0.05, 0.1) is 5.38 Å². The minimum Gasteiger partial charge on any atom is -0.318 e. The third kappa shape index (κ3) is 2.70. The van der Waals surface area contributed by atoms with Gasteiger partial charge in [0.1, 0.15) is 0 Å². The Hall–Kier alpha value is -1.25. The first-order chi connectivity index (χ1) is 8.91. The van der Waals surface area contributed by atoms with Gasteiger partial charge in [0.15, 0.2) is 5.78 Å².